The van der Waals surface area contributed by atoms with Crippen molar-refractivity contribution < 1.29 is 14.4 Å². The van der Waals surface area contributed by atoms with Crippen LogP contribution in [0.4, 0.5) is 0 Å². The number of hydrogen-bond donors (Lipinski definition) is 2. The number of rotatable bonds is 2. The van der Waals surface area contributed by atoms with Gasteiger partial charge < -0.3 is 14.6 Å². The van der Waals surface area contributed by atoms with Crippen LogP contribution in [0.25, 0.3) is 22.2 Å². The third-order valence-electron chi connectivity index (χ3n) is 2.57. The third kappa shape index (κ3) is 1.57. The maximum atomic E-state index is 10.7. The second-order valence-electron chi connectivity index (χ2n) is 3.66. The van der Waals surface area contributed by atoms with Crippen LogP contribution in [0.2, 0.25) is 0 Å². The first-order chi connectivity index (χ1) is 8.24. The van der Waals surface area contributed by atoms with Crippen LogP contribution < -0.4 is 0 Å². The van der Waals surface area contributed by atoms with Crippen molar-refractivity contribution in [3.8, 4) is 11.3 Å². The molecule has 0 spiro atoms. The normalized spacial score (nSPS) is 10.8. The Kier molecular flexibility index (Phi) is 1.98. The maximum absolute atomic E-state index is 10.7. The predicted octanol–water partition coefficient (Wildman–Crippen LogP) is 2.52. The topological polar surface area (TPSA) is 79.1 Å². The molecule has 3 rings (SSSR count). The molecule has 0 saturated carbocycles. The van der Waals surface area contributed by atoms with Crippen LogP contribution in [-0.2, 0) is 0 Å². The fraction of sp³-hybridized carbons (Fsp3) is 0. The number of fused-ring (bicyclic) bond motifs is 1. The Morgan fingerprint density at radius 3 is 2.94 bits per heavy atom. The highest BCUT2D eigenvalue weighted by molar-refractivity contribution is 5.87. The number of hydrogen-bond acceptors (Lipinski definition) is 3. The zero-order valence-corrected chi connectivity index (χ0v) is 8.68. The van der Waals surface area contributed by atoms with Gasteiger partial charge in [0.25, 0.3) is 0 Å². The van der Waals surface area contributed by atoms with Crippen LogP contribution in [0, 0.1) is 0 Å². The van der Waals surface area contributed by atoms with Crippen LogP contribution in [0.3, 0.4) is 0 Å². The second-order valence-corrected chi connectivity index (χ2v) is 3.66. The van der Waals surface area contributed by atoms with Crippen molar-refractivity contribution >= 4 is 16.9 Å². The van der Waals surface area contributed by atoms with Gasteiger partial charge in [0, 0.05) is 28.7 Å². The molecule has 0 radical (unpaired) electrons. The summed E-state index contributed by atoms with van der Waals surface area (Å²) < 4.78 is 4.72. The zero-order chi connectivity index (χ0) is 11.8. The van der Waals surface area contributed by atoms with Crippen molar-refractivity contribution in [2.45, 2.75) is 0 Å². The zero-order valence-electron chi connectivity index (χ0n) is 8.68. The molecule has 17 heavy (non-hydrogen) atoms. The third-order valence-corrected chi connectivity index (χ3v) is 2.57. The Labute approximate surface area is 95.7 Å². The molecular weight excluding hydrogens is 220 g/mol. The van der Waals surface area contributed by atoms with E-state index in [1.54, 1.807) is 0 Å². The number of aromatic carboxylic acids is 1. The molecule has 0 aliphatic heterocycles. The summed E-state index contributed by atoms with van der Waals surface area (Å²) >= 11 is 0. The number of aromatic amines is 1. The largest absolute Gasteiger partial charge is 0.475 e. The van der Waals surface area contributed by atoms with Crippen LogP contribution in [-0.4, -0.2) is 21.2 Å². The van der Waals surface area contributed by atoms with Crippen molar-refractivity contribution in [2.24, 2.45) is 0 Å². The lowest BCUT2D eigenvalue weighted by atomic mass is 10.1. The van der Waals surface area contributed by atoms with Crippen molar-refractivity contribution in [1.82, 2.24) is 10.1 Å². The number of H-pyrrole nitrogens is 1. The SMILES string of the molecule is O=C(O)c1cc(-c2ccc3[nH]ccc3c2)no1. The van der Waals surface area contributed by atoms with Gasteiger partial charge >= 0.3 is 5.97 Å². The lowest BCUT2D eigenvalue weighted by Gasteiger charge is -1.95. The van der Waals surface area contributed by atoms with Gasteiger partial charge in [0.15, 0.2) is 0 Å². The monoisotopic (exact) mass is 228 g/mol. The number of carbonyl (C=O) groups is 1. The molecule has 2 N–H and O–H groups in total. The summed E-state index contributed by atoms with van der Waals surface area (Å²) in [6, 6.07) is 9.06. The minimum Gasteiger partial charge on any atom is -0.475 e. The van der Waals surface area contributed by atoms with E-state index in [9.17, 15) is 4.79 Å². The van der Waals surface area contributed by atoms with Crippen molar-refractivity contribution in [1.29, 1.82) is 0 Å². The number of carboxylic acids is 1. The van der Waals surface area contributed by atoms with E-state index in [-0.39, 0.29) is 5.76 Å². The number of aromatic nitrogens is 2. The first-order valence-corrected chi connectivity index (χ1v) is 5.01. The summed E-state index contributed by atoms with van der Waals surface area (Å²) in [5, 5.41) is 13.5. The van der Waals surface area contributed by atoms with Gasteiger partial charge in [-0.15, -0.1) is 0 Å². The van der Waals surface area contributed by atoms with E-state index in [0.29, 0.717) is 5.69 Å². The van der Waals surface area contributed by atoms with Crippen LogP contribution in [0.5, 0.6) is 0 Å². The van der Waals surface area contributed by atoms with Crippen molar-refractivity contribution in [3.05, 3.63) is 42.3 Å². The molecule has 0 aliphatic rings. The molecule has 5 nitrogen and oxygen atoms in total. The van der Waals surface area contributed by atoms with E-state index in [4.69, 9.17) is 9.63 Å². The van der Waals surface area contributed by atoms with Gasteiger partial charge in [0.1, 0.15) is 5.69 Å². The van der Waals surface area contributed by atoms with Crippen LogP contribution in [0.1, 0.15) is 10.6 Å². The van der Waals surface area contributed by atoms with Gasteiger partial charge in [-0.1, -0.05) is 11.2 Å². The highest BCUT2D eigenvalue weighted by Crippen LogP contribution is 2.23. The van der Waals surface area contributed by atoms with E-state index >= 15 is 0 Å². The molecule has 5 heteroatoms. The van der Waals surface area contributed by atoms with Gasteiger partial charge in [0.05, 0.1) is 0 Å². The highest BCUT2D eigenvalue weighted by Gasteiger charge is 2.12. The summed E-state index contributed by atoms with van der Waals surface area (Å²) in [6.07, 6.45) is 1.85. The van der Waals surface area contributed by atoms with E-state index in [1.165, 1.54) is 6.07 Å². The quantitative estimate of drug-likeness (QED) is 0.706. The van der Waals surface area contributed by atoms with E-state index in [0.717, 1.165) is 16.5 Å². The van der Waals surface area contributed by atoms with Crippen molar-refractivity contribution in [3.63, 3.8) is 0 Å². The van der Waals surface area contributed by atoms with Gasteiger partial charge in [-0.05, 0) is 18.2 Å². The lowest BCUT2D eigenvalue weighted by molar-refractivity contribution is 0.0652. The molecule has 0 aliphatic carbocycles. The van der Waals surface area contributed by atoms with Gasteiger partial charge in [0.2, 0.25) is 5.76 Å². The predicted molar refractivity (Wildman–Crippen MR) is 60.8 cm³/mol. The second kappa shape index (κ2) is 3.48. The summed E-state index contributed by atoms with van der Waals surface area (Å²) in [6.45, 7) is 0. The fourth-order valence-electron chi connectivity index (χ4n) is 1.72. The molecule has 0 atom stereocenters. The molecule has 3 aromatic rings. The smallest absolute Gasteiger partial charge is 0.374 e. The average Bonchev–Trinajstić information content (AvgIpc) is 2.97. The molecule has 0 amide bonds. The summed E-state index contributed by atoms with van der Waals surface area (Å²) in [7, 11) is 0. The lowest BCUT2D eigenvalue weighted by Crippen LogP contribution is -1.91. The molecular formula is C12H8N2O3. The maximum Gasteiger partial charge on any atom is 0.374 e. The Morgan fingerprint density at radius 1 is 1.29 bits per heavy atom. The summed E-state index contributed by atoms with van der Waals surface area (Å²) in [5.74, 6) is -1.28. The molecule has 0 unspecified atom stereocenters. The fourth-order valence-corrected chi connectivity index (χ4v) is 1.72. The van der Waals surface area contributed by atoms with E-state index < -0.39 is 5.97 Å². The number of nitrogens with one attached hydrogen (secondary N) is 1. The molecule has 2 heterocycles. The number of carboxylic acid groups (broad SMARTS) is 1. The van der Waals surface area contributed by atoms with Crippen molar-refractivity contribution in [2.75, 3.05) is 0 Å². The Hall–Kier alpha value is -2.56. The van der Waals surface area contributed by atoms with E-state index in [1.807, 2.05) is 30.5 Å². The molecule has 2 aromatic heterocycles. The average molecular weight is 228 g/mol. The minimum absolute atomic E-state index is 0.158. The summed E-state index contributed by atoms with van der Waals surface area (Å²) in [5.41, 5.74) is 2.37. The standard InChI is InChI=1S/C12H8N2O3/c15-12(16)11-6-10(14-17-11)7-1-2-9-8(5-7)3-4-13-9/h1-6,13H,(H,15,16). The molecule has 0 fully saturated rings. The number of nitrogens with zero attached hydrogens (tertiary/aromatic N) is 1. The van der Waals surface area contributed by atoms with Gasteiger partial charge in [-0.25, -0.2) is 4.79 Å². The molecule has 84 valence electrons. The van der Waals surface area contributed by atoms with Crippen LogP contribution in [0.15, 0.2) is 41.1 Å². The summed E-state index contributed by atoms with van der Waals surface area (Å²) in [4.78, 5) is 13.8. The molecule has 1 aromatic carbocycles. The number of benzene rings is 1. The first kappa shape index (κ1) is 9.65. The first-order valence-electron chi connectivity index (χ1n) is 5.01. The minimum atomic E-state index is -1.12. The van der Waals surface area contributed by atoms with E-state index in [2.05, 4.69) is 10.1 Å². The highest BCUT2D eigenvalue weighted by atomic mass is 16.5. The molecule has 0 saturated heterocycles. The van der Waals surface area contributed by atoms with Gasteiger partial charge in [-0.3, -0.25) is 0 Å². The Morgan fingerprint density at radius 2 is 2.18 bits per heavy atom. The van der Waals surface area contributed by atoms with Crippen LogP contribution >= 0.6 is 0 Å². The van der Waals surface area contributed by atoms with Gasteiger partial charge in [-0.2, -0.15) is 0 Å². The molecule has 0 bridgehead atoms. The Bertz CT molecular complexity index is 696. The Balaban J connectivity index is 2.09.